The van der Waals surface area contributed by atoms with Crippen molar-refractivity contribution >= 4 is 19.2 Å². The van der Waals surface area contributed by atoms with Crippen LogP contribution in [-0.2, 0) is 0 Å². The van der Waals surface area contributed by atoms with Gasteiger partial charge in [0.15, 0.2) is 0 Å². The van der Waals surface area contributed by atoms with E-state index in [0.29, 0.717) is 5.04 Å². The Hall–Kier alpha value is -2.12. The lowest BCUT2D eigenvalue weighted by atomic mass is 10.2. The van der Waals surface area contributed by atoms with Crippen LogP contribution in [0, 0.1) is 6.92 Å². The second kappa shape index (κ2) is 8.65. The maximum atomic E-state index is 2.35. The normalized spacial score (nSPS) is 10.9. The van der Waals surface area contributed by atoms with Crippen molar-refractivity contribution in [1.82, 2.24) is 0 Å². The van der Waals surface area contributed by atoms with Gasteiger partial charge < -0.3 is 0 Å². The molecule has 0 heterocycles. The SMILES string of the molecule is CC(C)(C)[Si](c1ccccc1)c1ccccc1.Cc1ccccc1. The molecule has 1 radical (unpaired) electrons. The monoisotopic (exact) mass is 331 g/mol. The molecule has 0 aromatic heterocycles. The summed E-state index contributed by atoms with van der Waals surface area (Å²) in [5.41, 5.74) is 1.32. The van der Waals surface area contributed by atoms with E-state index in [9.17, 15) is 0 Å². The van der Waals surface area contributed by atoms with E-state index in [1.165, 1.54) is 15.9 Å². The van der Waals surface area contributed by atoms with Crippen molar-refractivity contribution in [2.24, 2.45) is 0 Å². The summed E-state index contributed by atoms with van der Waals surface area (Å²) in [6.07, 6.45) is 0. The molecule has 3 aromatic rings. The minimum Gasteiger partial charge on any atom is -0.0628 e. The van der Waals surface area contributed by atoms with Gasteiger partial charge >= 0.3 is 0 Å². The molecule has 0 amide bonds. The summed E-state index contributed by atoms with van der Waals surface area (Å²) >= 11 is 0. The lowest BCUT2D eigenvalue weighted by molar-refractivity contribution is 0.750. The highest BCUT2D eigenvalue weighted by Gasteiger charge is 2.29. The Kier molecular flexibility index (Phi) is 6.57. The predicted molar refractivity (Wildman–Crippen MR) is 109 cm³/mol. The van der Waals surface area contributed by atoms with Crippen molar-refractivity contribution in [1.29, 1.82) is 0 Å². The molecule has 0 bridgehead atoms. The molecular weight excluding hydrogens is 304 g/mol. The van der Waals surface area contributed by atoms with Crippen molar-refractivity contribution in [2.45, 2.75) is 32.7 Å². The van der Waals surface area contributed by atoms with Crippen LogP contribution in [0.4, 0.5) is 0 Å². The van der Waals surface area contributed by atoms with Crippen molar-refractivity contribution < 1.29 is 0 Å². The fraction of sp³-hybridized carbons (Fsp3) is 0.217. The Bertz CT molecular complexity index is 658. The van der Waals surface area contributed by atoms with Gasteiger partial charge in [-0.3, -0.25) is 0 Å². The molecule has 0 fully saturated rings. The summed E-state index contributed by atoms with van der Waals surface area (Å²) in [5, 5.41) is 3.32. The summed E-state index contributed by atoms with van der Waals surface area (Å²) < 4.78 is 0. The molecule has 0 saturated carbocycles. The van der Waals surface area contributed by atoms with Gasteiger partial charge in [0.1, 0.15) is 8.80 Å². The topological polar surface area (TPSA) is 0 Å². The van der Waals surface area contributed by atoms with Gasteiger partial charge in [-0.05, 0) is 12.0 Å². The van der Waals surface area contributed by atoms with Crippen LogP contribution < -0.4 is 10.4 Å². The number of hydrogen-bond donors (Lipinski definition) is 0. The summed E-state index contributed by atoms with van der Waals surface area (Å²) in [7, 11) is -0.715. The van der Waals surface area contributed by atoms with Gasteiger partial charge in [0.05, 0.1) is 0 Å². The molecule has 123 valence electrons. The van der Waals surface area contributed by atoms with E-state index < -0.39 is 8.80 Å². The molecule has 3 rings (SSSR count). The lowest BCUT2D eigenvalue weighted by Crippen LogP contribution is -2.48. The molecule has 0 nitrogen and oxygen atoms in total. The molecule has 0 unspecified atom stereocenters. The molecule has 0 aliphatic heterocycles. The maximum absolute atomic E-state index is 2.35. The number of rotatable bonds is 2. The molecule has 0 N–H and O–H groups in total. The van der Waals surface area contributed by atoms with Crippen molar-refractivity contribution in [3.8, 4) is 0 Å². The van der Waals surface area contributed by atoms with Crippen LogP contribution in [0.5, 0.6) is 0 Å². The molecule has 0 saturated heterocycles. The Morgan fingerprint density at radius 3 is 1.12 bits per heavy atom. The van der Waals surface area contributed by atoms with Crippen LogP contribution >= 0.6 is 0 Å². The number of hydrogen-bond acceptors (Lipinski definition) is 0. The Morgan fingerprint density at radius 1 is 0.542 bits per heavy atom. The zero-order valence-electron chi connectivity index (χ0n) is 15.2. The maximum Gasteiger partial charge on any atom is 0.126 e. The van der Waals surface area contributed by atoms with Crippen LogP contribution in [0.1, 0.15) is 26.3 Å². The first-order chi connectivity index (χ1) is 11.5. The quantitative estimate of drug-likeness (QED) is 0.574. The number of benzene rings is 3. The third kappa shape index (κ3) is 5.50. The summed E-state index contributed by atoms with van der Waals surface area (Å²) in [6.45, 7) is 9.13. The molecule has 3 aromatic carbocycles. The largest absolute Gasteiger partial charge is 0.126 e. The van der Waals surface area contributed by atoms with E-state index in [-0.39, 0.29) is 0 Å². The van der Waals surface area contributed by atoms with E-state index in [1.54, 1.807) is 0 Å². The highest BCUT2D eigenvalue weighted by molar-refractivity contribution is 6.87. The van der Waals surface area contributed by atoms with Crippen LogP contribution in [0.3, 0.4) is 0 Å². The second-order valence-electron chi connectivity index (χ2n) is 7.01. The third-order valence-electron chi connectivity index (χ3n) is 3.82. The second-order valence-corrected chi connectivity index (χ2v) is 10.4. The Labute approximate surface area is 148 Å². The summed E-state index contributed by atoms with van der Waals surface area (Å²) in [5.74, 6) is 0. The van der Waals surface area contributed by atoms with Crippen LogP contribution in [-0.4, -0.2) is 8.80 Å². The van der Waals surface area contributed by atoms with Gasteiger partial charge in [0.25, 0.3) is 0 Å². The molecule has 24 heavy (non-hydrogen) atoms. The van der Waals surface area contributed by atoms with Crippen LogP contribution in [0.2, 0.25) is 5.04 Å². The van der Waals surface area contributed by atoms with Gasteiger partial charge in [-0.2, -0.15) is 0 Å². The van der Waals surface area contributed by atoms with Gasteiger partial charge in [-0.1, -0.05) is 128 Å². The first-order valence-corrected chi connectivity index (χ1v) is 9.98. The highest BCUT2D eigenvalue weighted by Crippen LogP contribution is 2.26. The zero-order chi connectivity index (χ0) is 17.4. The fourth-order valence-corrected chi connectivity index (χ4v) is 5.89. The van der Waals surface area contributed by atoms with E-state index in [1.807, 2.05) is 18.2 Å². The van der Waals surface area contributed by atoms with Crippen molar-refractivity contribution in [3.63, 3.8) is 0 Å². The van der Waals surface area contributed by atoms with Crippen molar-refractivity contribution in [2.75, 3.05) is 0 Å². The molecule has 0 aliphatic carbocycles. The van der Waals surface area contributed by atoms with E-state index in [0.717, 1.165) is 0 Å². The average Bonchev–Trinajstić information content (AvgIpc) is 2.57. The third-order valence-corrected chi connectivity index (χ3v) is 7.14. The average molecular weight is 332 g/mol. The summed E-state index contributed by atoms with van der Waals surface area (Å²) in [6, 6.07) is 32.1. The minimum absolute atomic E-state index is 0.327. The fourth-order valence-electron chi connectivity index (χ4n) is 2.78. The molecule has 1 heteroatoms. The Morgan fingerprint density at radius 2 is 0.875 bits per heavy atom. The van der Waals surface area contributed by atoms with E-state index in [4.69, 9.17) is 0 Å². The van der Waals surface area contributed by atoms with Gasteiger partial charge in [0, 0.05) is 0 Å². The first kappa shape index (κ1) is 18.2. The minimum atomic E-state index is -0.715. The zero-order valence-corrected chi connectivity index (χ0v) is 16.2. The van der Waals surface area contributed by atoms with Crippen LogP contribution in [0.15, 0.2) is 91.0 Å². The first-order valence-electron chi connectivity index (χ1n) is 8.48. The summed E-state index contributed by atoms with van der Waals surface area (Å²) in [4.78, 5) is 0. The Balaban J connectivity index is 0.000000249. The predicted octanol–water partition coefficient (Wildman–Crippen LogP) is 5.09. The molecule has 0 aliphatic rings. The molecular formula is C23H27Si. The van der Waals surface area contributed by atoms with Gasteiger partial charge in [-0.25, -0.2) is 0 Å². The molecule has 0 atom stereocenters. The number of aryl methyl sites for hydroxylation is 1. The van der Waals surface area contributed by atoms with Crippen LogP contribution in [0.25, 0.3) is 0 Å². The van der Waals surface area contributed by atoms with Crippen molar-refractivity contribution in [3.05, 3.63) is 96.6 Å². The molecule has 0 spiro atoms. The highest BCUT2D eigenvalue weighted by atomic mass is 28.3. The lowest BCUT2D eigenvalue weighted by Gasteiger charge is -2.29. The van der Waals surface area contributed by atoms with Gasteiger partial charge in [-0.15, -0.1) is 0 Å². The smallest absolute Gasteiger partial charge is 0.0628 e. The standard InChI is InChI=1S/C16H19Si.C7H8/c1-16(2,3)17(14-10-6-4-7-11-14)15-12-8-5-9-13-15;1-7-5-3-2-4-6-7/h4-13H,1-3H3;2-6H,1H3. The van der Waals surface area contributed by atoms with E-state index in [2.05, 4.69) is 100 Å². The van der Waals surface area contributed by atoms with E-state index >= 15 is 0 Å². The van der Waals surface area contributed by atoms with Gasteiger partial charge in [0.2, 0.25) is 0 Å².